The van der Waals surface area contributed by atoms with Gasteiger partial charge in [-0.15, -0.1) is 0 Å². The fourth-order valence-corrected chi connectivity index (χ4v) is 5.69. The van der Waals surface area contributed by atoms with Crippen molar-refractivity contribution in [3.8, 4) is 22.4 Å². The Hall–Kier alpha value is -3.58. The minimum Gasteiger partial charge on any atom is -0.478 e. The molecule has 192 valence electrons. The predicted molar refractivity (Wildman–Crippen MR) is 146 cm³/mol. The average molecular weight is 548 g/mol. The van der Waals surface area contributed by atoms with Crippen molar-refractivity contribution in [3.05, 3.63) is 98.4 Å². The van der Waals surface area contributed by atoms with E-state index in [0.29, 0.717) is 54.9 Å². The Bertz CT molecular complexity index is 1710. The maximum absolute atomic E-state index is 11.6. The van der Waals surface area contributed by atoms with E-state index in [2.05, 4.69) is 5.16 Å². The van der Waals surface area contributed by atoms with Gasteiger partial charge in [0, 0.05) is 16.9 Å². The molecule has 1 saturated carbocycles. The number of aromatic carboxylic acids is 1. The molecule has 1 atom stereocenters. The summed E-state index contributed by atoms with van der Waals surface area (Å²) >= 11 is 13.0. The van der Waals surface area contributed by atoms with Gasteiger partial charge in [0.05, 0.1) is 15.6 Å². The molecule has 0 bridgehead atoms. The molecule has 6 rings (SSSR count). The number of aryl methyl sites for hydroxylation is 2. The second kappa shape index (κ2) is 9.31. The molecule has 1 fully saturated rings. The number of hydrogen-bond acceptors (Lipinski definition) is 5. The Morgan fingerprint density at radius 1 is 1.05 bits per heavy atom. The second-order valence-corrected chi connectivity index (χ2v) is 10.5. The molecular weight excluding hydrogens is 525 g/mol. The van der Waals surface area contributed by atoms with Crippen LogP contribution in [0.15, 0.2) is 63.5 Å². The number of fused-ring (bicyclic) bond motifs is 1. The van der Waals surface area contributed by atoms with Gasteiger partial charge in [-0.05, 0) is 73.2 Å². The maximum Gasteiger partial charge on any atom is 0.339 e. The Kier molecular flexibility index (Phi) is 6.06. The first kappa shape index (κ1) is 24.7. The van der Waals surface area contributed by atoms with Crippen LogP contribution in [-0.4, -0.2) is 21.3 Å². The minimum absolute atomic E-state index is 0.177. The number of aromatic nitrogens is 1. The number of carboxylic acids is 1. The number of carboxylic acid groups (broad SMARTS) is 1. The smallest absolute Gasteiger partial charge is 0.339 e. The van der Waals surface area contributed by atoms with Crippen LogP contribution >= 0.6 is 23.2 Å². The zero-order valence-corrected chi connectivity index (χ0v) is 22.1. The van der Waals surface area contributed by atoms with Crippen LogP contribution in [0.2, 0.25) is 10.0 Å². The zero-order chi connectivity index (χ0) is 26.7. The molecule has 0 spiro atoms. The number of hydrogen-bond donors (Lipinski definition) is 2. The molecule has 1 aliphatic rings. The van der Waals surface area contributed by atoms with Crippen molar-refractivity contribution >= 4 is 40.1 Å². The lowest BCUT2D eigenvalue weighted by atomic mass is 9.91. The fourth-order valence-electron chi connectivity index (χ4n) is 5.12. The molecule has 3 aromatic carbocycles. The molecule has 0 amide bonds. The zero-order valence-electron chi connectivity index (χ0n) is 20.6. The molecule has 2 aromatic heterocycles. The van der Waals surface area contributed by atoms with Crippen molar-refractivity contribution in [3.63, 3.8) is 0 Å². The monoisotopic (exact) mass is 547 g/mol. The number of furan rings is 1. The van der Waals surface area contributed by atoms with Gasteiger partial charge in [-0.2, -0.15) is 0 Å². The van der Waals surface area contributed by atoms with Crippen LogP contribution in [0.1, 0.15) is 63.4 Å². The third-order valence-corrected chi connectivity index (χ3v) is 7.76. The van der Waals surface area contributed by atoms with Crippen molar-refractivity contribution in [1.29, 1.82) is 0 Å². The second-order valence-electron chi connectivity index (χ2n) is 9.71. The van der Waals surface area contributed by atoms with Crippen LogP contribution in [0.25, 0.3) is 33.4 Å². The lowest BCUT2D eigenvalue weighted by Gasteiger charge is -2.16. The van der Waals surface area contributed by atoms with E-state index >= 15 is 0 Å². The molecular formula is C30H23Cl2NO5. The van der Waals surface area contributed by atoms with Crippen LogP contribution in [-0.2, 0) is 0 Å². The minimum atomic E-state index is -1.01. The van der Waals surface area contributed by atoms with E-state index in [1.807, 2.05) is 37.3 Å². The van der Waals surface area contributed by atoms with E-state index in [1.165, 1.54) is 0 Å². The van der Waals surface area contributed by atoms with Gasteiger partial charge < -0.3 is 19.2 Å². The molecule has 38 heavy (non-hydrogen) atoms. The first-order valence-electron chi connectivity index (χ1n) is 12.2. The van der Waals surface area contributed by atoms with E-state index in [-0.39, 0.29) is 11.5 Å². The summed E-state index contributed by atoms with van der Waals surface area (Å²) in [5, 5.41) is 26.9. The number of benzene rings is 3. The van der Waals surface area contributed by atoms with E-state index < -0.39 is 12.1 Å². The Morgan fingerprint density at radius 2 is 1.79 bits per heavy atom. The number of carbonyl (C=O) groups is 1. The molecule has 0 saturated heterocycles. The maximum atomic E-state index is 11.6. The molecule has 0 radical (unpaired) electrons. The topological polar surface area (TPSA) is 96.7 Å². The number of nitrogens with zero attached hydrogens (tertiary/aromatic N) is 1. The van der Waals surface area contributed by atoms with Gasteiger partial charge in [-0.1, -0.05) is 58.7 Å². The fraction of sp³-hybridized carbons (Fsp3) is 0.200. The molecule has 5 aromatic rings. The molecule has 0 aliphatic heterocycles. The molecule has 2 heterocycles. The summed E-state index contributed by atoms with van der Waals surface area (Å²) in [6.45, 7) is 3.61. The van der Waals surface area contributed by atoms with Crippen molar-refractivity contribution in [1.82, 2.24) is 5.16 Å². The normalized spacial score (nSPS) is 14.2. The Labute approximate surface area is 228 Å². The van der Waals surface area contributed by atoms with Gasteiger partial charge in [0.25, 0.3) is 0 Å². The third-order valence-electron chi connectivity index (χ3n) is 7.13. The van der Waals surface area contributed by atoms with E-state index in [4.69, 9.17) is 32.1 Å². The molecule has 1 unspecified atom stereocenters. The van der Waals surface area contributed by atoms with Crippen LogP contribution < -0.4 is 0 Å². The van der Waals surface area contributed by atoms with Crippen molar-refractivity contribution < 1.29 is 23.9 Å². The lowest BCUT2D eigenvalue weighted by Crippen LogP contribution is -2.04. The van der Waals surface area contributed by atoms with Crippen molar-refractivity contribution in [2.75, 3.05) is 0 Å². The largest absolute Gasteiger partial charge is 0.478 e. The van der Waals surface area contributed by atoms with Gasteiger partial charge in [-0.3, -0.25) is 0 Å². The van der Waals surface area contributed by atoms with E-state index in [0.717, 1.165) is 29.5 Å². The number of halogens is 2. The van der Waals surface area contributed by atoms with Gasteiger partial charge in [0.2, 0.25) is 0 Å². The van der Waals surface area contributed by atoms with Gasteiger partial charge in [-0.25, -0.2) is 4.79 Å². The summed E-state index contributed by atoms with van der Waals surface area (Å²) in [5.74, 6) is 0.231. The summed E-state index contributed by atoms with van der Waals surface area (Å²) in [6, 6.07) is 16.5. The van der Waals surface area contributed by atoms with Crippen molar-refractivity contribution in [2.45, 2.75) is 38.7 Å². The summed E-state index contributed by atoms with van der Waals surface area (Å²) in [7, 11) is 0. The molecule has 2 N–H and O–H groups in total. The lowest BCUT2D eigenvalue weighted by molar-refractivity contribution is 0.0697. The average Bonchev–Trinajstić information content (AvgIpc) is 3.54. The third kappa shape index (κ3) is 4.09. The Morgan fingerprint density at radius 3 is 2.45 bits per heavy atom. The highest BCUT2D eigenvalue weighted by molar-refractivity contribution is 6.39. The molecule has 8 heteroatoms. The summed E-state index contributed by atoms with van der Waals surface area (Å²) < 4.78 is 11.5. The first-order valence-corrected chi connectivity index (χ1v) is 13.0. The number of aliphatic hydroxyl groups excluding tert-OH is 1. The number of aliphatic hydroxyl groups is 1. The summed E-state index contributed by atoms with van der Waals surface area (Å²) in [5.41, 5.74) is 5.71. The summed E-state index contributed by atoms with van der Waals surface area (Å²) in [6.07, 6.45) is 0.946. The van der Waals surface area contributed by atoms with Crippen LogP contribution in [0.3, 0.4) is 0 Å². The first-order chi connectivity index (χ1) is 18.2. The molecule has 6 nitrogen and oxygen atoms in total. The van der Waals surface area contributed by atoms with Crippen LogP contribution in [0, 0.1) is 13.8 Å². The summed E-state index contributed by atoms with van der Waals surface area (Å²) in [4.78, 5) is 11.6. The van der Waals surface area contributed by atoms with Crippen molar-refractivity contribution in [2.24, 2.45) is 0 Å². The predicted octanol–water partition coefficient (Wildman–Crippen LogP) is 8.34. The SMILES string of the molecule is Cc1cc(C(O)c2c(-c3c(Cl)cccc3Cl)noc2C2CC2)ccc1-c1ccc2c(C(=O)O)c(C)oc2c1. The number of rotatable bonds is 6. The van der Waals surface area contributed by atoms with Crippen LogP contribution in [0.4, 0.5) is 0 Å². The Balaban J connectivity index is 1.41. The van der Waals surface area contributed by atoms with Crippen LogP contribution in [0.5, 0.6) is 0 Å². The van der Waals surface area contributed by atoms with Gasteiger partial charge in [0.15, 0.2) is 0 Å². The molecule has 1 aliphatic carbocycles. The highest BCUT2D eigenvalue weighted by Gasteiger charge is 2.36. The highest BCUT2D eigenvalue weighted by Crippen LogP contribution is 2.49. The van der Waals surface area contributed by atoms with E-state index in [1.54, 1.807) is 31.2 Å². The highest BCUT2D eigenvalue weighted by atomic mass is 35.5. The van der Waals surface area contributed by atoms with Gasteiger partial charge in [0.1, 0.15) is 34.5 Å². The van der Waals surface area contributed by atoms with Gasteiger partial charge >= 0.3 is 5.97 Å². The quantitative estimate of drug-likeness (QED) is 0.221. The standard InChI is InChI=1S/C30H23Cl2NO5/c1-14-12-18(9-10-19(14)17-8-11-20-23(13-17)37-15(2)24(20)30(35)36)28(34)26-27(33-38-29(26)16-6-7-16)25-21(31)4-3-5-22(25)32/h3-5,8-13,16,28,34H,6-7H2,1-2H3,(H,35,36). The van der Waals surface area contributed by atoms with E-state index in [9.17, 15) is 15.0 Å².